The van der Waals surface area contributed by atoms with Crippen molar-refractivity contribution in [2.45, 2.75) is 77.2 Å². The van der Waals surface area contributed by atoms with E-state index in [0.29, 0.717) is 12.8 Å². The fourth-order valence-electron chi connectivity index (χ4n) is 3.25. The summed E-state index contributed by atoms with van der Waals surface area (Å²) in [5.41, 5.74) is 0. The lowest BCUT2D eigenvalue weighted by molar-refractivity contribution is -0.147. The Balaban J connectivity index is 2.16. The van der Waals surface area contributed by atoms with Gasteiger partial charge in [0.05, 0.1) is 12.2 Å². The molecule has 0 radical (unpaired) electrons. The summed E-state index contributed by atoms with van der Waals surface area (Å²) in [6.07, 6.45) is 4.34. The molecule has 0 aromatic carbocycles. The lowest BCUT2D eigenvalue weighted by atomic mass is 9.89. The number of esters is 1. The Kier molecular flexibility index (Phi) is 9.46. The molecular weight excluding hydrogens is 306 g/mol. The molecule has 1 aliphatic rings. The Labute approximate surface area is 135 Å². The Morgan fingerprint density at radius 3 is 2.55 bits per heavy atom. The molecule has 4 nitrogen and oxygen atoms in total. The monoisotopic (exact) mass is 336 g/mol. The van der Waals surface area contributed by atoms with E-state index in [0.717, 1.165) is 32.1 Å². The van der Waals surface area contributed by atoms with Gasteiger partial charge in [-0.1, -0.05) is 19.3 Å². The molecule has 1 aliphatic carbocycles. The fraction of sp³-hybridized carbons (Fsp3) is 0.938. The van der Waals surface area contributed by atoms with Gasteiger partial charge >= 0.3 is 5.97 Å². The smallest absolute Gasteiger partial charge is 0.306 e. The van der Waals surface area contributed by atoms with Crippen molar-refractivity contribution in [1.82, 2.24) is 0 Å². The Bertz CT molecular complexity index is 327. The number of hydrogen-bond acceptors (Lipinski definition) is 4. The topological polar surface area (TPSA) is 55.8 Å². The first-order valence-electron chi connectivity index (χ1n) is 8.29. The van der Waals surface area contributed by atoms with Crippen LogP contribution in [0.4, 0.5) is 4.39 Å². The minimum absolute atomic E-state index is 0.0530. The molecule has 6 heteroatoms. The summed E-state index contributed by atoms with van der Waals surface area (Å²) in [6.45, 7) is 3.58. The van der Waals surface area contributed by atoms with Crippen LogP contribution in [0.25, 0.3) is 0 Å². The van der Waals surface area contributed by atoms with E-state index in [1.165, 1.54) is 0 Å². The highest BCUT2D eigenvalue weighted by molar-refractivity contribution is 7.09. The molecule has 0 bridgehead atoms. The predicted octanol–water partition coefficient (Wildman–Crippen LogP) is 3.42. The fourth-order valence-corrected chi connectivity index (χ4v) is 3.56. The molecule has 1 fully saturated rings. The highest BCUT2D eigenvalue weighted by Gasteiger charge is 2.42. The van der Waals surface area contributed by atoms with E-state index in [1.807, 2.05) is 13.8 Å². The summed E-state index contributed by atoms with van der Waals surface area (Å²) < 4.78 is 24.2. The summed E-state index contributed by atoms with van der Waals surface area (Å²) in [7, 11) is 2.22. The molecule has 0 aliphatic heterocycles. The summed E-state index contributed by atoms with van der Waals surface area (Å²) in [5.74, 6) is -0.349. The molecule has 1 N–H and O–H groups in total. The van der Waals surface area contributed by atoms with Crippen molar-refractivity contribution in [2.24, 2.45) is 11.8 Å². The number of aliphatic hydroxyl groups excluding tert-OH is 1. The maximum absolute atomic E-state index is 13.8. The average Bonchev–Trinajstić information content (AvgIpc) is 2.77. The van der Waals surface area contributed by atoms with E-state index in [1.54, 1.807) is 0 Å². The zero-order valence-electron chi connectivity index (χ0n) is 13.7. The third-order valence-electron chi connectivity index (χ3n) is 4.37. The number of halogens is 1. The largest absolute Gasteiger partial charge is 0.463 e. The van der Waals surface area contributed by atoms with Crippen LogP contribution in [0.2, 0.25) is 0 Å². The van der Waals surface area contributed by atoms with Crippen LogP contribution in [0.15, 0.2) is 0 Å². The predicted molar refractivity (Wildman–Crippen MR) is 87.1 cm³/mol. The molecule has 1 saturated carbocycles. The van der Waals surface area contributed by atoms with Gasteiger partial charge < -0.3 is 14.4 Å². The Morgan fingerprint density at radius 1 is 1.27 bits per heavy atom. The van der Waals surface area contributed by atoms with Crippen molar-refractivity contribution in [1.29, 1.82) is 0 Å². The number of carbonyl (C=O) groups is 1. The molecule has 0 aromatic heterocycles. The van der Waals surface area contributed by atoms with Gasteiger partial charge in [-0.3, -0.25) is 4.79 Å². The van der Waals surface area contributed by atoms with Crippen LogP contribution in [-0.4, -0.2) is 36.1 Å². The van der Waals surface area contributed by atoms with Gasteiger partial charge in [0.25, 0.3) is 0 Å². The van der Waals surface area contributed by atoms with Crippen molar-refractivity contribution in [2.75, 3.05) is 6.61 Å². The van der Waals surface area contributed by atoms with E-state index in [9.17, 15) is 14.3 Å². The maximum Gasteiger partial charge on any atom is 0.306 e. The zero-order valence-corrected chi connectivity index (χ0v) is 14.8. The van der Waals surface area contributed by atoms with Gasteiger partial charge in [-0.05, 0) is 32.6 Å². The van der Waals surface area contributed by atoms with Crippen molar-refractivity contribution in [3.63, 3.8) is 0 Å². The van der Waals surface area contributed by atoms with Crippen molar-refractivity contribution in [3.05, 3.63) is 0 Å². The molecule has 3 unspecified atom stereocenters. The van der Waals surface area contributed by atoms with E-state index < -0.39 is 6.17 Å². The Hall–Kier alpha value is -0.250. The molecule has 22 heavy (non-hydrogen) atoms. The number of hydrogen-bond donors (Lipinski definition) is 1. The van der Waals surface area contributed by atoms with E-state index in [-0.39, 0.29) is 36.6 Å². The minimum atomic E-state index is -0.966. The molecule has 0 amide bonds. The van der Waals surface area contributed by atoms with Gasteiger partial charge in [-0.2, -0.15) is 0 Å². The van der Waals surface area contributed by atoms with Crippen LogP contribution in [0.3, 0.4) is 0 Å². The highest BCUT2D eigenvalue weighted by Crippen LogP contribution is 2.40. The van der Waals surface area contributed by atoms with Crippen LogP contribution in [0.5, 0.6) is 0 Å². The first kappa shape index (κ1) is 19.8. The molecule has 1 rings (SSSR count). The van der Waals surface area contributed by atoms with Gasteiger partial charge in [0, 0.05) is 34.8 Å². The number of unbranched alkanes of at least 4 members (excludes halogenated alkanes) is 3. The van der Waals surface area contributed by atoms with E-state index in [4.69, 9.17) is 9.26 Å². The lowest BCUT2D eigenvalue weighted by Gasteiger charge is -2.22. The van der Waals surface area contributed by atoms with E-state index >= 15 is 0 Å². The average molecular weight is 336 g/mol. The van der Waals surface area contributed by atoms with Gasteiger partial charge in [0.2, 0.25) is 0 Å². The van der Waals surface area contributed by atoms with Crippen LogP contribution in [-0.2, 0) is 14.1 Å². The summed E-state index contributed by atoms with van der Waals surface area (Å²) in [4.78, 5) is 11.4. The van der Waals surface area contributed by atoms with Crippen LogP contribution in [0.1, 0.15) is 58.8 Å². The number of aliphatic hydroxyl groups is 1. The molecule has 0 heterocycles. The second kappa shape index (κ2) is 10.5. The SMILES string of the molecule is CC(C)OC(=O)CCCCCC[C@H]1C(OP)CC(F)[C@@H]1CO. The first-order chi connectivity index (χ1) is 10.5. The Morgan fingerprint density at radius 2 is 1.95 bits per heavy atom. The van der Waals surface area contributed by atoms with Crippen molar-refractivity contribution in [3.8, 4) is 0 Å². The summed E-state index contributed by atoms with van der Waals surface area (Å²) in [6, 6.07) is 0. The van der Waals surface area contributed by atoms with Gasteiger partial charge in [-0.15, -0.1) is 0 Å². The first-order valence-corrected chi connectivity index (χ1v) is 8.76. The van der Waals surface area contributed by atoms with Gasteiger partial charge in [-0.25, -0.2) is 4.39 Å². The minimum Gasteiger partial charge on any atom is -0.463 e. The van der Waals surface area contributed by atoms with Crippen LogP contribution in [0, 0.1) is 11.8 Å². The maximum atomic E-state index is 13.8. The van der Waals surface area contributed by atoms with Crippen molar-refractivity contribution < 1.29 is 23.6 Å². The molecule has 0 aromatic rings. The second-order valence-electron chi connectivity index (χ2n) is 6.43. The standard InChI is InChI=1S/C16H30FO4P/c1-11(2)20-16(19)8-6-4-3-5-7-12-13(10-18)14(17)9-15(12)21-22/h11-15,18H,3-10,22H2,1-2H3/t12-,13-,14?,15?/m1/s1. The van der Waals surface area contributed by atoms with Gasteiger partial charge in [0.15, 0.2) is 0 Å². The zero-order chi connectivity index (χ0) is 16.5. The molecule has 5 atom stereocenters. The quantitative estimate of drug-likeness (QED) is 0.377. The number of carbonyl (C=O) groups excluding carboxylic acids is 1. The number of alkyl halides is 1. The normalized spacial score (nSPS) is 28.3. The lowest BCUT2D eigenvalue weighted by Crippen LogP contribution is -2.24. The summed E-state index contributed by atoms with van der Waals surface area (Å²) in [5, 5.41) is 9.34. The molecule has 0 spiro atoms. The van der Waals surface area contributed by atoms with E-state index in [2.05, 4.69) is 9.47 Å². The van der Waals surface area contributed by atoms with Crippen LogP contribution >= 0.6 is 9.47 Å². The van der Waals surface area contributed by atoms with Crippen molar-refractivity contribution >= 4 is 15.4 Å². The summed E-state index contributed by atoms with van der Waals surface area (Å²) >= 11 is 0. The third kappa shape index (κ3) is 6.47. The van der Waals surface area contributed by atoms with Gasteiger partial charge in [0.1, 0.15) is 6.17 Å². The second-order valence-corrected chi connectivity index (χ2v) is 6.70. The molecule has 0 saturated heterocycles. The number of ether oxygens (including phenoxy) is 1. The van der Waals surface area contributed by atoms with Crippen LogP contribution < -0.4 is 0 Å². The molecule has 130 valence electrons. The highest BCUT2D eigenvalue weighted by atomic mass is 31.0. The molecular formula is C16H30FO4P. The third-order valence-corrected chi connectivity index (χ3v) is 4.72. The number of rotatable bonds is 10.